The van der Waals surface area contributed by atoms with E-state index in [-0.39, 0.29) is 35.7 Å². The summed E-state index contributed by atoms with van der Waals surface area (Å²) in [5, 5.41) is 6.46. The van der Waals surface area contributed by atoms with Crippen LogP contribution < -0.4 is 15.5 Å². The summed E-state index contributed by atoms with van der Waals surface area (Å²) in [5.74, 6) is 0.724. The van der Waals surface area contributed by atoms with Crippen LogP contribution in [0, 0.1) is 5.82 Å². The number of amides is 1. The quantitative estimate of drug-likeness (QED) is 0.254. The Morgan fingerprint density at radius 2 is 2.11 bits per heavy atom. The molecule has 0 aromatic heterocycles. The van der Waals surface area contributed by atoms with Crippen molar-refractivity contribution in [2.45, 2.75) is 32.7 Å². The van der Waals surface area contributed by atoms with Gasteiger partial charge in [-0.05, 0) is 37.5 Å². The molecule has 1 heterocycles. The first-order valence-corrected chi connectivity index (χ1v) is 9.27. The van der Waals surface area contributed by atoms with E-state index in [1.165, 1.54) is 6.07 Å². The van der Waals surface area contributed by atoms with Gasteiger partial charge in [0, 0.05) is 46.7 Å². The Hall–Kier alpha value is -1.58. The molecule has 1 fully saturated rings. The Labute approximate surface area is 178 Å². The molecule has 0 aliphatic carbocycles. The molecule has 0 spiro atoms. The van der Waals surface area contributed by atoms with Crippen molar-refractivity contribution in [3.05, 3.63) is 29.6 Å². The maximum absolute atomic E-state index is 14.0. The minimum Gasteiger partial charge on any atom is -0.375 e. The van der Waals surface area contributed by atoms with Gasteiger partial charge in [0.2, 0.25) is 5.91 Å². The number of carbonyl (C=O) groups excluding carboxylic acids is 1. The summed E-state index contributed by atoms with van der Waals surface area (Å²) < 4.78 is 14.0. The lowest BCUT2D eigenvalue weighted by molar-refractivity contribution is -0.127. The van der Waals surface area contributed by atoms with Crippen LogP contribution in [0.4, 0.5) is 10.1 Å². The average Bonchev–Trinajstić information content (AvgIpc) is 3.01. The minimum absolute atomic E-state index is 0. The van der Waals surface area contributed by atoms with Crippen LogP contribution in [-0.4, -0.2) is 57.0 Å². The van der Waals surface area contributed by atoms with Crippen molar-refractivity contribution in [1.29, 1.82) is 0 Å². The number of benzene rings is 1. The van der Waals surface area contributed by atoms with Gasteiger partial charge < -0.3 is 20.4 Å². The number of hydrogen-bond acceptors (Lipinski definition) is 3. The Bertz CT molecular complexity index is 639. The molecule has 0 radical (unpaired) electrons. The van der Waals surface area contributed by atoms with Gasteiger partial charge >= 0.3 is 0 Å². The highest BCUT2D eigenvalue weighted by atomic mass is 127. The zero-order valence-corrected chi connectivity index (χ0v) is 18.8. The van der Waals surface area contributed by atoms with Crippen molar-refractivity contribution < 1.29 is 9.18 Å². The number of nitrogens with zero attached hydrogens (tertiary/aromatic N) is 3. The second kappa shape index (κ2) is 12.0. The van der Waals surface area contributed by atoms with E-state index in [2.05, 4.69) is 15.6 Å². The molecule has 0 atom stereocenters. The lowest BCUT2D eigenvalue weighted by Crippen LogP contribution is -2.39. The van der Waals surface area contributed by atoms with Gasteiger partial charge in [0.15, 0.2) is 5.96 Å². The highest BCUT2D eigenvalue weighted by Gasteiger charge is 2.18. The molecule has 2 N–H and O–H groups in total. The van der Waals surface area contributed by atoms with Gasteiger partial charge in [-0.1, -0.05) is 6.07 Å². The Balaban J connectivity index is 0.00000364. The van der Waals surface area contributed by atoms with Crippen LogP contribution >= 0.6 is 24.0 Å². The third kappa shape index (κ3) is 7.51. The molecule has 1 aromatic carbocycles. The first kappa shape index (κ1) is 23.5. The number of hydrogen-bond donors (Lipinski definition) is 2. The van der Waals surface area contributed by atoms with E-state index in [1.807, 2.05) is 32.0 Å². The molecule has 2 rings (SSSR count). The van der Waals surface area contributed by atoms with Crippen molar-refractivity contribution in [2.24, 2.45) is 4.99 Å². The molecule has 0 saturated carbocycles. The Morgan fingerprint density at radius 1 is 1.33 bits per heavy atom. The second-order valence-electron chi connectivity index (χ2n) is 6.64. The molecule has 1 amide bonds. The summed E-state index contributed by atoms with van der Waals surface area (Å²) in [5.41, 5.74) is 1.40. The van der Waals surface area contributed by atoms with Gasteiger partial charge in [-0.3, -0.25) is 4.79 Å². The summed E-state index contributed by atoms with van der Waals surface area (Å²) in [6.07, 6.45) is 2.53. The summed E-state index contributed by atoms with van der Waals surface area (Å²) in [4.78, 5) is 19.8. The largest absolute Gasteiger partial charge is 0.375 e. The molecule has 0 bridgehead atoms. The fraction of sp³-hybridized carbons (Fsp3) is 0.579. The number of halogens is 2. The number of likely N-dealkylation sites (tertiary alicyclic amines) is 1. The van der Waals surface area contributed by atoms with Crippen LogP contribution in [-0.2, 0) is 11.3 Å². The van der Waals surface area contributed by atoms with Crippen LogP contribution in [0.2, 0.25) is 0 Å². The lowest BCUT2D eigenvalue weighted by atomic mass is 10.2. The topological polar surface area (TPSA) is 60.0 Å². The first-order valence-electron chi connectivity index (χ1n) is 9.27. The van der Waals surface area contributed by atoms with Gasteiger partial charge in [-0.15, -0.1) is 24.0 Å². The fourth-order valence-corrected chi connectivity index (χ4v) is 2.94. The molecule has 1 aromatic rings. The number of aliphatic imine (C=N–C) groups is 1. The van der Waals surface area contributed by atoms with Gasteiger partial charge in [0.05, 0.1) is 12.2 Å². The molecule has 1 aliphatic rings. The maximum atomic E-state index is 14.0. The molecule has 8 heteroatoms. The molecule has 27 heavy (non-hydrogen) atoms. The maximum Gasteiger partial charge on any atom is 0.222 e. The van der Waals surface area contributed by atoms with Gasteiger partial charge in [0.1, 0.15) is 5.82 Å². The molecular formula is C19H31FIN5O. The number of rotatable bonds is 8. The molecule has 0 unspecified atom stereocenters. The SMILES string of the molecule is CCNC(=NCc1ccc(N(C)C)c(F)c1)NCCCN1CCCC1=O.I. The van der Waals surface area contributed by atoms with Gasteiger partial charge in [0.25, 0.3) is 0 Å². The summed E-state index contributed by atoms with van der Waals surface area (Å²) >= 11 is 0. The average molecular weight is 491 g/mol. The van der Waals surface area contributed by atoms with Crippen molar-refractivity contribution >= 4 is 41.5 Å². The molecular weight excluding hydrogens is 460 g/mol. The highest BCUT2D eigenvalue weighted by molar-refractivity contribution is 14.0. The van der Waals surface area contributed by atoms with E-state index in [4.69, 9.17) is 0 Å². The van der Waals surface area contributed by atoms with Gasteiger partial charge in [-0.2, -0.15) is 0 Å². The predicted molar refractivity (Wildman–Crippen MR) is 119 cm³/mol. The summed E-state index contributed by atoms with van der Waals surface area (Å²) in [6.45, 7) is 5.56. The number of guanidine groups is 1. The zero-order chi connectivity index (χ0) is 18.9. The van der Waals surface area contributed by atoms with Crippen molar-refractivity contribution in [1.82, 2.24) is 15.5 Å². The Kier molecular flexibility index (Phi) is 10.4. The zero-order valence-electron chi connectivity index (χ0n) is 16.4. The van der Waals surface area contributed by atoms with Crippen molar-refractivity contribution in [3.8, 4) is 0 Å². The first-order chi connectivity index (χ1) is 12.5. The van der Waals surface area contributed by atoms with Crippen LogP contribution in [0.25, 0.3) is 0 Å². The fourth-order valence-electron chi connectivity index (χ4n) is 2.94. The van der Waals surface area contributed by atoms with E-state index in [0.29, 0.717) is 24.6 Å². The normalized spacial score (nSPS) is 14.1. The van der Waals surface area contributed by atoms with Crippen LogP contribution in [0.1, 0.15) is 31.7 Å². The van der Waals surface area contributed by atoms with Crippen LogP contribution in [0.5, 0.6) is 0 Å². The minimum atomic E-state index is -0.240. The molecule has 6 nitrogen and oxygen atoms in total. The monoisotopic (exact) mass is 491 g/mol. The van der Waals surface area contributed by atoms with E-state index in [9.17, 15) is 9.18 Å². The van der Waals surface area contributed by atoms with Crippen LogP contribution in [0.3, 0.4) is 0 Å². The molecule has 1 saturated heterocycles. The number of anilines is 1. The number of nitrogens with one attached hydrogen (secondary N) is 2. The summed E-state index contributed by atoms with van der Waals surface area (Å²) in [6, 6.07) is 5.19. The molecule has 152 valence electrons. The van der Waals surface area contributed by atoms with E-state index in [1.54, 1.807) is 11.0 Å². The van der Waals surface area contributed by atoms with E-state index in [0.717, 1.165) is 44.6 Å². The molecule has 1 aliphatic heterocycles. The highest BCUT2D eigenvalue weighted by Crippen LogP contribution is 2.18. The Morgan fingerprint density at radius 3 is 2.70 bits per heavy atom. The third-order valence-electron chi connectivity index (χ3n) is 4.33. The second-order valence-corrected chi connectivity index (χ2v) is 6.64. The van der Waals surface area contributed by atoms with Crippen LogP contribution in [0.15, 0.2) is 23.2 Å². The van der Waals surface area contributed by atoms with Crippen molar-refractivity contribution in [3.63, 3.8) is 0 Å². The number of carbonyl (C=O) groups is 1. The lowest BCUT2D eigenvalue weighted by Gasteiger charge is -2.16. The van der Waals surface area contributed by atoms with E-state index >= 15 is 0 Å². The van der Waals surface area contributed by atoms with Gasteiger partial charge in [-0.25, -0.2) is 9.38 Å². The van der Waals surface area contributed by atoms with Crippen molar-refractivity contribution in [2.75, 3.05) is 45.2 Å². The smallest absolute Gasteiger partial charge is 0.222 e. The third-order valence-corrected chi connectivity index (χ3v) is 4.33. The standard InChI is InChI=1S/C19H30FN5O.HI/c1-4-21-19(22-10-6-12-25-11-5-7-18(25)26)23-14-15-8-9-17(24(2)3)16(20)13-15;/h8-9,13H,4-7,10-12,14H2,1-3H3,(H2,21,22,23);1H. The predicted octanol–water partition coefficient (Wildman–Crippen LogP) is 2.58. The summed E-state index contributed by atoms with van der Waals surface area (Å²) in [7, 11) is 3.64. The van der Waals surface area contributed by atoms with E-state index < -0.39 is 0 Å².